The Bertz CT molecular complexity index is 364. The van der Waals surface area contributed by atoms with Crippen molar-refractivity contribution < 1.29 is 4.79 Å². The van der Waals surface area contributed by atoms with E-state index in [1.54, 1.807) is 0 Å². The zero-order valence-corrected chi connectivity index (χ0v) is 11.8. The topological polar surface area (TPSA) is 44.4 Å². The summed E-state index contributed by atoms with van der Waals surface area (Å²) in [7, 11) is 0. The number of hydrogen-bond acceptors (Lipinski definition) is 3. The molecule has 3 saturated carbocycles. The fourth-order valence-corrected chi connectivity index (χ4v) is 5.04. The van der Waals surface area contributed by atoms with Crippen molar-refractivity contribution in [2.45, 2.75) is 38.3 Å². The summed E-state index contributed by atoms with van der Waals surface area (Å²) in [6.45, 7) is 6.08. The Balaban J connectivity index is 1.32. The van der Waals surface area contributed by atoms with Gasteiger partial charge in [-0.25, -0.2) is 0 Å². The van der Waals surface area contributed by atoms with E-state index in [-0.39, 0.29) is 11.9 Å². The van der Waals surface area contributed by atoms with Crippen LogP contribution in [0.25, 0.3) is 0 Å². The number of hydrogen-bond donors (Lipinski definition) is 2. The van der Waals surface area contributed by atoms with Gasteiger partial charge in [0.05, 0.1) is 6.04 Å². The minimum atomic E-state index is 0.0427. The van der Waals surface area contributed by atoms with E-state index in [1.165, 1.54) is 19.3 Å². The fraction of sp³-hybridized carbons (Fsp3) is 0.933. The summed E-state index contributed by atoms with van der Waals surface area (Å²) in [6, 6.07) is 0.574. The monoisotopic (exact) mass is 263 g/mol. The lowest BCUT2D eigenvalue weighted by atomic mass is 10.0. The van der Waals surface area contributed by atoms with Crippen LogP contribution in [0.2, 0.25) is 0 Å². The van der Waals surface area contributed by atoms with Crippen molar-refractivity contribution >= 4 is 5.91 Å². The zero-order chi connectivity index (χ0) is 13.0. The number of nitrogens with zero attached hydrogens (tertiary/aromatic N) is 1. The van der Waals surface area contributed by atoms with Crippen LogP contribution in [-0.4, -0.2) is 49.1 Å². The molecule has 0 spiro atoms. The molecule has 4 nitrogen and oxygen atoms in total. The first-order valence-electron chi connectivity index (χ1n) is 8.01. The van der Waals surface area contributed by atoms with Crippen molar-refractivity contribution in [1.82, 2.24) is 15.5 Å². The van der Waals surface area contributed by atoms with E-state index in [2.05, 4.69) is 22.5 Å². The molecule has 1 amide bonds. The van der Waals surface area contributed by atoms with Gasteiger partial charge in [0.15, 0.2) is 0 Å². The molecule has 4 fully saturated rings. The van der Waals surface area contributed by atoms with Crippen molar-refractivity contribution in [1.29, 1.82) is 0 Å². The van der Waals surface area contributed by atoms with E-state index in [0.29, 0.717) is 6.04 Å². The van der Waals surface area contributed by atoms with E-state index in [4.69, 9.17) is 0 Å². The number of rotatable bonds is 3. The van der Waals surface area contributed by atoms with Gasteiger partial charge in [-0.1, -0.05) is 0 Å². The van der Waals surface area contributed by atoms with Crippen molar-refractivity contribution in [3.8, 4) is 0 Å². The van der Waals surface area contributed by atoms with Crippen LogP contribution in [0.4, 0.5) is 0 Å². The van der Waals surface area contributed by atoms with E-state index >= 15 is 0 Å². The first kappa shape index (κ1) is 12.2. The highest BCUT2D eigenvalue weighted by Gasteiger charge is 2.65. The minimum absolute atomic E-state index is 0.0427. The molecule has 3 aliphatic carbocycles. The highest BCUT2D eigenvalue weighted by molar-refractivity contribution is 5.82. The second-order valence-electron chi connectivity index (χ2n) is 6.98. The second-order valence-corrected chi connectivity index (χ2v) is 6.98. The summed E-state index contributed by atoms with van der Waals surface area (Å²) in [5, 5.41) is 6.69. The van der Waals surface area contributed by atoms with Crippen molar-refractivity contribution in [2.24, 2.45) is 23.7 Å². The average molecular weight is 263 g/mol. The van der Waals surface area contributed by atoms with Gasteiger partial charge in [-0.15, -0.1) is 0 Å². The average Bonchev–Trinajstić information content (AvgIpc) is 2.85. The predicted molar refractivity (Wildman–Crippen MR) is 73.6 cm³/mol. The Labute approximate surface area is 115 Å². The standard InChI is InChI=1S/C15H25N3O/c1-9(18-6-4-16-5-7-18)15(19)17-14-12-10-2-3-11(8-10)13(12)14/h9-14,16H,2-8H2,1H3,(H,17,19). The lowest BCUT2D eigenvalue weighted by molar-refractivity contribution is -0.126. The van der Waals surface area contributed by atoms with Gasteiger partial charge in [0.1, 0.15) is 0 Å². The largest absolute Gasteiger partial charge is 0.351 e. The molecule has 5 atom stereocenters. The van der Waals surface area contributed by atoms with Crippen LogP contribution in [0.5, 0.6) is 0 Å². The Morgan fingerprint density at radius 3 is 2.47 bits per heavy atom. The third-order valence-electron chi connectivity index (χ3n) is 6.12. The molecule has 1 saturated heterocycles. The molecule has 106 valence electrons. The number of piperazine rings is 1. The molecule has 5 unspecified atom stereocenters. The van der Waals surface area contributed by atoms with Gasteiger partial charge in [0, 0.05) is 32.2 Å². The van der Waals surface area contributed by atoms with Crippen LogP contribution < -0.4 is 10.6 Å². The van der Waals surface area contributed by atoms with E-state index in [0.717, 1.165) is 49.9 Å². The van der Waals surface area contributed by atoms with Crippen LogP contribution in [0.15, 0.2) is 0 Å². The summed E-state index contributed by atoms with van der Waals surface area (Å²) in [5.74, 6) is 3.83. The number of fused-ring (bicyclic) bond motifs is 5. The molecule has 0 aromatic heterocycles. The maximum absolute atomic E-state index is 12.4. The molecule has 2 N–H and O–H groups in total. The smallest absolute Gasteiger partial charge is 0.237 e. The Kier molecular flexibility index (Phi) is 2.85. The molecule has 2 bridgehead atoms. The molecule has 4 heteroatoms. The quantitative estimate of drug-likeness (QED) is 0.776. The summed E-state index contributed by atoms with van der Waals surface area (Å²) in [4.78, 5) is 14.7. The summed E-state index contributed by atoms with van der Waals surface area (Å²) >= 11 is 0. The maximum Gasteiger partial charge on any atom is 0.237 e. The molecule has 0 aromatic rings. The Morgan fingerprint density at radius 2 is 1.84 bits per heavy atom. The van der Waals surface area contributed by atoms with Gasteiger partial charge < -0.3 is 10.6 Å². The highest BCUT2D eigenvalue weighted by Crippen LogP contribution is 2.65. The summed E-state index contributed by atoms with van der Waals surface area (Å²) in [5.41, 5.74) is 0. The van der Waals surface area contributed by atoms with Gasteiger partial charge in [0.25, 0.3) is 0 Å². The molecule has 1 aliphatic heterocycles. The minimum Gasteiger partial charge on any atom is -0.351 e. The van der Waals surface area contributed by atoms with Crippen LogP contribution >= 0.6 is 0 Å². The third kappa shape index (κ3) is 1.91. The first-order chi connectivity index (χ1) is 9.25. The first-order valence-corrected chi connectivity index (χ1v) is 8.01. The van der Waals surface area contributed by atoms with Crippen molar-refractivity contribution in [3.05, 3.63) is 0 Å². The molecular formula is C15H25N3O. The normalized spacial score (nSPS) is 45.8. The molecular weight excluding hydrogens is 238 g/mol. The molecule has 0 radical (unpaired) electrons. The predicted octanol–water partition coefficient (Wildman–Crippen LogP) is 0.441. The van der Waals surface area contributed by atoms with Crippen molar-refractivity contribution in [2.75, 3.05) is 26.2 Å². The zero-order valence-electron chi connectivity index (χ0n) is 11.8. The number of amides is 1. The highest BCUT2D eigenvalue weighted by atomic mass is 16.2. The Hall–Kier alpha value is -0.610. The van der Waals surface area contributed by atoms with Crippen LogP contribution in [0.1, 0.15) is 26.2 Å². The van der Waals surface area contributed by atoms with Gasteiger partial charge in [-0.05, 0) is 49.9 Å². The van der Waals surface area contributed by atoms with Gasteiger partial charge >= 0.3 is 0 Å². The number of nitrogens with one attached hydrogen (secondary N) is 2. The van der Waals surface area contributed by atoms with Crippen LogP contribution in [0, 0.1) is 23.7 Å². The summed E-state index contributed by atoms with van der Waals surface area (Å²) in [6.07, 6.45) is 4.30. The lowest BCUT2D eigenvalue weighted by Gasteiger charge is -2.32. The van der Waals surface area contributed by atoms with E-state index in [1.807, 2.05) is 0 Å². The van der Waals surface area contributed by atoms with E-state index in [9.17, 15) is 4.79 Å². The maximum atomic E-state index is 12.4. The van der Waals surface area contributed by atoms with Gasteiger partial charge in [-0.3, -0.25) is 9.69 Å². The van der Waals surface area contributed by atoms with E-state index < -0.39 is 0 Å². The van der Waals surface area contributed by atoms with Crippen molar-refractivity contribution in [3.63, 3.8) is 0 Å². The lowest BCUT2D eigenvalue weighted by Crippen LogP contribution is -2.53. The molecule has 4 rings (SSSR count). The number of carbonyl (C=O) groups is 1. The summed E-state index contributed by atoms with van der Waals surface area (Å²) < 4.78 is 0. The third-order valence-corrected chi connectivity index (χ3v) is 6.12. The molecule has 4 aliphatic rings. The van der Waals surface area contributed by atoms with Gasteiger partial charge in [-0.2, -0.15) is 0 Å². The molecule has 0 aromatic carbocycles. The number of carbonyl (C=O) groups excluding carboxylic acids is 1. The SMILES string of the molecule is CC(C(=O)NC1C2C3CCC(C3)C12)N1CCNCC1. The molecule has 19 heavy (non-hydrogen) atoms. The Morgan fingerprint density at radius 1 is 1.21 bits per heavy atom. The molecule has 1 heterocycles. The van der Waals surface area contributed by atoms with Crippen LogP contribution in [0.3, 0.4) is 0 Å². The van der Waals surface area contributed by atoms with Crippen LogP contribution in [-0.2, 0) is 4.79 Å². The second kappa shape index (κ2) is 4.45. The fourth-order valence-electron chi connectivity index (χ4n) is 5.04. The van der Waals surface area contributed by atoms with Gasteiger partial charge in [0.2, 0.25) is 5.91 Å².